The maximum atomic E-state index is 10.5. The number of hydrogen-bond acceptors (Lipinski definition) is 3. The fourth-order valence-corrected chi connectivity index (χ4v) is 1.15. The van der Waals surface area contributed by atoms with Crippen LogP contribution in [0.1, 0.15) is 15.9 Å². The minimum Gasteiger partial charge on any atom is -0.505 e. The molecule has 0 aliphatic carbocycles. The molecule has 13 heavy (non-hydrogen) atoms. The third-order valence-corrected chi connectivity index (χ3v) is 1.82. The quantitative estimate of drug-likeness (QED) is 0.674. The molecule has 0 saturated carbocycles. The van der Waals surface area contributed by atoms with Crippen molar-refractivity contribution in [2.75, 3.05) is 0 Å². The van der Waals surface area contributed by atoms with Crippen molar-refractivity contribution in [3.8, 4) is 5.75 Å². The van der Waals surface area contributed by atoms with Gasteiger partial charge in [0.15, 0.2) is 0 Å². The van der Waals surface area contributed by atoms with Crippen LogP contribution in [0, 0.1) is 0 Å². The van der Waals surface area contributed by atoms with Crippen molar-refractivity contribution in [2.45, 2.75) is 6.61 Å². The fraction of sp³-hybridized carbons (Fsp3) is 0.125. The molecule has 0 aliphatic rings. The molecular weight excluding hydrogens is 196 g/mol. The number of phenols is 1. The van der Waals surface area contributed by atoms with E-state index in [0.29, 0.717) is 5.56 Å². The van der Waals surface area contributed by atoms with Crippen molar-refractivity contribution < 1.29 is 20.1 Å². The van der Waals surface area contributed by atoms with Crippen LogP contribution in [-0.2, 0) is 6.61 Å². The summed E-state index contributed by atoms with van der Waals surface area (Å²) in [5, 5.41) is 26.4. The number of carboxylic acid groups (broad SMARTS) is 1. The summed E-state index contributed by atoms with van der Waals surface area (Å²) >= 11 is 5.52. The van der Waals surface area contributed by atoms with Crippen molar-refractivity contribution >= 4 is 17.6 Å². The first-order valence-electron chi connectivity index (χ1n) is 3.41. The fourth-order valence-electron chi connectivity index (χ4n) is 0.910. The second-order valence-electron chi connectivity index (χ2n) is 2.44. The van der Waals surface area contributed by atoms with Crippen LogP contribution in [0.4, 0.5) is 0 Å². The highest BCUT2D eigenvalue weighted by molar-refractivity contribution is 6.32. The molecule has 0 aliphatic heterocycles. The second-order valence-corrected chi connectivity index (χ2v) is 2.84. The first kappa shape index (κ1) is 9.83. The number of halogens is 1. The summed E-state index contributed by atoms with van der Waals surface area (Å²) in [5.41, 5.74) is 0.0387. The highest BCUT2D eigenvalue weighted by Gasteiger charge is 2.13. The molecular formula is C8H7ClO4. The van der Waals surface area contributed by atoms with Gasteiger partial charge in [-0.3, -0.25) is 0 Å². The third-order valence-electron chi connectivity index (χ3n) is 1.54. The predicted octanol–water partition coefficient (Wildman–Crippen LogP) is 1.24. The van der Waals surface area contributed by atoms with Gasteiger partial charge < -0.3 is 15.3 Å². The van der Waals surface area contributed by atoms with Crippen molar-refractivity contribution in [3.63, 3.8) is 0 Å². The van der Waals surface area contributed by atoms with Gasteiger partial charge >= 0.3 is 5.97 Å². The Hall–Kier alpha value is -1.26. The standard InChI is InChI=1S/C8H7ClO4/c9-6-2-4(3-10)1-5(7(6)11)8(12)13/h1-2,10-11H,3H2,(H,12,13). The summed E-state index contributed by atoms with van der Waals surface area (Å²) in [6.45, 7) is -0.319. The van der Waals surface area contributed by atoms with E-state index >= 15 is 0 Å². The number of hydrogen-bond donors (Lipinski definition) is 3. The normalized spacial score (nSPS) is 10.0. The van der Waals surface area contributed by atoms with Gasteiger partial charge in [-0.2, -0.15) is 0 Å². The van der Waals surface area contributed by atoms with Gasteiger partial charge in [-0.25, -0.2) is 4.79 Å². The van der Waals surface area contributed by atoms with Crippen LogP contribution in [0.15, 0.2) is 12.1 Å². The minimum absolute atomic E-state index is 0.0797. The number of aliphatic hydroxyl groups excluding tert-OH is 1. The van der Waals surface area contributed by atoms with E-state index in [4.69, 9.17) is 21.8 Å². The molecule has 1 rings (SSSR count). The lowest BCUT2D eigenvalue weighted by molar-refractivity contribution is 0.0693. The summed E-state index contributed by atoms with van der Waals surface area (Å²) in [4.78, 5) is 10.5. The van der Waals surface area contributed by atoms with Crippen molar-refractivity contribution in [1.82, 2.24) is 0 Å². The molecule has 0 atom stereocenters. The topological polar surface area (TPSA) is 77.8 Å². The van der Waals surface area contributed by atoms with Crippen LogP contribution in [0.3, 0.4) is 0 Å². The molecule has 4 nitrogen and oxygen atoms in total. The molecule has 0 aromatic heterocycles. The molecule has 3 N–H and O–H groups in total. The number of carboxylic acids is 1. The summed E-state index contributed by atoms with van der Waals surface area (Å²) in [6.07, 6.45) is 0. The molecule has 0 bridgehead atoms. The molecule has 1 aromatic rings. The van der Waals surface area contributed by atoms with Gasteiger partial charge in [-0.1, -0.05) is 11.6 Å². The average Bonchev–Trinajstić information content (AvgIpc) is 2.09. The van der Waals surface area contributed by atoms with Crippen LogP contribution in [-0.4, -0.2) is 21.3 Å². The van der Waals surface area contributed by atoms with Crippen LogP contribution in [0.5, 0.6) is 5.75 Å². The highest BCUT2D eigenvalue weighted by Crippen LogP contribution is 2.28. The van der Waals surface area contributed by atoms with Crippen LogP contribution in [0.25, 0.3) is 0 Å². The SMILES string of the molecule is O=C(O)c1cc(CO)cc(Cl)c1O. The van der Waals surface area contributed by atoms with E-state index in [9.17, 15) is 9.90 Å². The lowest BCUT2D eigenvalue weighted by Gasteiger charge is -2.04. The van der Waals surface area contributed by atoms with Crippen molar-refractivity contribution in [2.24, 2.45) is 0 Å². The van der Waals surface area contributed by atoms with E-state index in [1.165, 1.54) is 12.1 Å². The first-order valence-corrected chi connectivity index (χ1v) is 3.79. The molecule has 0 unspecified atom stereocenters. The van der Waals surface area contributed by atoms with Crippen LogP contribution >= 0.6 is 11.6 Å². The van der Waals surface area contributed by atoms with Gasteiger partial charge in [-0.05, 0) is 17.7 Å². The Bertz CT molecular complexity index is 348. The molecule has 0 saturated heterocycles. The number of benzene rings is 1. The molecule has 5 heteroatoms. The summed E-state index contributed by atoms with van der Waals surface area (Å²) in [5.74, 6) is -1.76. The summed E-state index contributed by atoms with van der Waals surface area (Å²) < 4.78 is 0. The van der Waals surface area contributed by atoms with Gasteiger partial charge in [0, 0.05) is 0 Å². The van der Waals surface area contributed by atoms with Gasteiger partial charge in [0.1, 0.15) is 11.3 Å². The van der Waals surface area contributed by atoms with Gasteiger partial charge in [-0.15, -0.1) is 0 Å². The van der Waals surface area contributed by atoms with Gasteiger partial charge in [0.05, 0.1) is 11.6 Å². The maximum absolute atomic E-state index is 10.5. The maximum Gasteiger partial charge on any atom is 0.339 e. The summed E-state index contributed by atoms with van der Waals surface area (Å²) in [6, 6.07) is 2.48. The van der Waals surface area contributed by atoms with Crippen LogP contribution in [0.2, 0.25) is 5.02 Å². The lowest BCUT2D eigenvalue weighted by atomic mass is 10.1. The predicted molar refractivity (Wildman–Crippen MR) is 46.0 cm³/mol. The Morgan fingerprint density at radius 3 is 2.54 bits per heavy atom. The Kier molecular flexibility index (Phi) is 2.75. The van der Waals surface area contributed by atoms with Crippen molar-refractivity contribution in [1.29, 1.82) is 0 Å². The Labute approximate surface area is 79.0 Å². The zero-order valence-corrected chi connectivity index (χ0v) is 7.25. The Balaban J connectivity index is 3.33. The van der Waals surface area contributed by atoms with E-state index in [0.717, 1.165) is 0 Å². The minimum atomic E-state index is -1.28. The number of aliphatic hydroxyl groups is 1. The largest absolute Gasteiger partial charge is 0.505 e. The van der Waals surface area contributed by atoms with Crippen molar-refractivity contribution in [3.05, 3.63) is 28.3 Å². The smallest absolute Gasteiger partial charge is 0.339 e. The number of rotatable bonds is 2. The van der Waals surface area contributed by atoms with E-state index in [1.54, 1.807) is 0 Å². The highest BCUT2D eigenvalue weighted by atomic mass is 35.5. The monoisotopic (exact) mass is 202 g/mol. The van der Waals surface area contributed by atoms with Crippen LogP contribution < -0.4 is 0 Å². The zero-order chi connectivity index (χ0) is 10.0. The second kappa shape index (κ2) is 3.64. The van der Waals surface area contributed by atoms with E-state index in [2.05, 4.69) is 0 Å². The van der Waals surface area contributed by atoms with Gasteiger partial charge in [0.2, 0.25) is 0 Å². The molecule has 0 amide bonds. The van der Waals surface area contributed by atoms with E-state index in [-0.39, 0.29) is 17.2 Å². The van der Waals surface area contributed by atoms with E-state index < -0.39 is 11.7 Å². The summed E-state index contributed by atoms with van der Waals surface area (Å²) in [7, 11) is 0. The lowest BCUT2D eigenvalue weighted by Crippen LogP contribution is -1.99. The van der Waals surface area contributed by atoms with Gasteiger partial charge in [0.25, 0.3) is 0 Å². The first-order chi connectivity index (χ1) is 6.06. The Morgan fingerprint density at radius 2 is 2.08 bits per heavy atom. The molecule has 0 heterocycles. The molecule has 0 fully saturated rings. The molecule has 1 aromatic carbocycles. The Morgan fingerprint density at radius 1 is 1.46 bits per heavy atom. The van der Waals surface area contributed by atoms with E-state index in [1.807, 2.05) is 0 Å². The zero-order valence-electron chi connectivity index (χ0n) is 6.49. The molecule has 0 radical (unpaired) electrons. The third kappa shape index (κ3) is 1.91. The molecule has 70 valence electrons. The average molecular weight is 203 g/mol. The number of aromatic hydroxyl groups is 1. The molecule has 0 spiro atoms. The number of carbonyl (C=O) groups is 1. The number of aromatic carboxylic acids is 1.